The minimum Gasteiger partial charge on any atom is -0.490 e. The zero-order valence-electron chi connectivity index (χ0n) is 16.0. The third-order valence-corrected chi connectivity index (χ3v) is 4.55. The van der Waals surface area contributed by atoms with Crippen molar-refractivity contribution in [1.29, 1.82) is 5.26 Å². The zero-order chi connectivity index (χ0) is 19.9. The Morgan fingerprint density at radius 3 is 2.46 bits per heavy atom. The predicted molar refractivity (Wildman–Crippen MR) is 112 cm³/mol. The molecule has 4 nitrogen and oxygen atoms in total. The van der Waals surface area contributed by atoms with Gasteiger partial charge in [0.15, 0.2) is 0 Å². The number of ether oxygens (including phenoxy) is 1. The van der Waals surface area contributed by atoms with Crippen molar-refractivity contribution in [2.24, 2.45) is 0 Å². The highest BCUT2D eigenvalue weighted by molar-refractivity contribution is 5.65. The number of anilines is 2. The minimum absolute atomic E-state index is 0.0633. The van der Waals surface area contributed by atoms with Crippen LogP contribution in [-0.2, 0) is 4.74 Å². The van der Waals surface area contributed by atoms with Crippen LogP contribution in [0.5, 0.6) is 0 Å². The molecule has 0 radical (unpaired) electrons. The Morgan fingerprint density at radius 1 is 1.14 bits per heavy atom. The molecule has 0 N–H and O–H groups in total. The summed E-state index contributed by atoms with van der Waals surface area (Å²) in [6, 6.07) is 20.4. The molecule has 3 rings (SSSR count). The van der Waals surface area contributed by atoms with E-state index in [0.717, 1.165) is 22.5 Å². The standard InChI is InChI=1S/C24H21N3O/c1-18-15-20(24(17-25)26-2)16-23(28-18)14-11-19-9-12-22(13-10-19)27(3)21-7-5-4-6-8-21/h4-14,16,18H,15H2,1,3H3/b14-11+,24-20-. The highest BCUT2D eigenvalue weighted by Crippen LogP contribution is 2.27. The maximum Gasteiger partial charge on any atom is 0.265 e. The van der Waals surface area contributed by atoms with E-state index in [9.17, 15) is 0 Å². The molecule has 0 saturated heterocycles. The van der Waals surface area contributed by atoms with Crippen LogP contribution in [0.2, 0.25) is 0 Å². The van der Waals surface area contributed by atoms with Gasteiger partial charge in [0.1, 0.15) is 5.76 Å². The average molecular weight is 367 g/mol. The fourth-order valence-corrected chi connectivity index (χ4v) is 3.06. The fourth-order valence-electron chi connectivity index (χ4n) is 3.06. The van der Waals surface area contributed by atoms with Crippen LogP contribution in [0.1, 0.15) is 18.9 Å². The van der Waals surface area contributed by atoms with Gasteiger partial charge in [-0.15, -0.1) is 0 Å². The molecule has 28 heavy (non-hydrogen) atoms. The van der Waals surface area contributed by atoms with Gasteiger partial charge in [0.05, 0.1) is 18.7 Å². The van der Waals surface area contributed by atoms with Crippen molar-refractivity contribution in [3.63, 3.8) is 0 Å². The Labute approximate surface area is 166 Å². The van der Waals surface area contributed by atoms with E-state index >= 15 is 0 Å². The SMILES string of the molecule is [C-]#[N+]/C(C#N)=C1C=C(/C=C/c2ccc(N(C)c3ccccc3)cc2)OC(C)C\1. The summed E-state index contributed by atoms with van der Waals surface area (Å²) in [5, 5.41) is 9.10. The molecule has 138 valence electrons. The quantitative estimate of drug-likeness (QED) is 0.502. The highest BCUT2D eigenvalue weighted by Gasteiger charge is 2.17. The molecule has 0 aromatic heterocycles. The third kappa shape index (κ3) is 4.50. The molecule has 0 bridgehead atoms. The molecule has 1 aliphatic heterocycles. The Kier molecular flexibility index (Phi) is 5.94. The van der Waals surface area contributed by atoms with Crippen molar-refractivity contribution in [3.05, 3.63) is 101 Å². The number of para-hydroxylation sites is 1. The molecule has 1 atom stereocenters. The Balaban J connectivity index is 1.77. The van der Waals surface area contributed by atoms with E-state index in [1.165, 1.54) is 0 Å². The van der Waals surface area contributed by atoms with Crippen LogP contribution in [0.15, 0.2) is 83.8 Å². The minimum atomic E-state index is -0.0633. The molecule has 0 saturated carbocycles. The summed E-state index contributed by atoms with van der Waals surface area (Å²) in [5.74, 6) is 0.663. The number of benzene rings is 2. The van der Waals surface area contributed by atoms with Crippen LogP contribution in [0.25, 0.3) is 10.9 Å². The Bertz CT molecular complexity index is 987. The molecule has 4 heteroatoms. The van der Waals surface area contributed by atoms with Gasteiger partial charge >= 0.3 is 0 Å². The van der Waals surface area contributed by atoms with Gasteiger partial charge in [-0.25, -0.2) is 10.1 Å². The van der Waals surface area contributed by atoms with Gasteiger partial charge in [0.2, 0.25) is 0 Å². The molecule has 1 aliphatic rings. The van der Waals surface area contributed by atoms with Crippen molar-refractivity contribution < 1.29 is 4.74 Å². The van der Waals surface area contributed by atoms with E-state index in [4.69, 9.17) is 16.6 Å². The first kappa shape index (κ1) is 19.0. The van der Waals surface area contributed by atoms with Crippen LogP contribution < -0.4 is 4.90 Å². The number of allylic oxidation sites excluding steroid dienone is 3. The summed E-state index contributed by atoms with van der Waals surface area (Å²) in [6.07, 6.45) is 6.14. The summed E-state index contributed by atoms with van der Waals surface area (Å²) in [5.41, 5.74) is 4.15. The van der Waals surface area contributed by atoms with Gasteiger partial charge in [0.25, 0.3) is 5.70 Å². The molecule has 1 unspecified atom stereocenters. The van der Waals surface area contributed by atoms with Crippen LogP contribution in [0.3, 0.4) is 0 Å². The van der Waals surface area contributed by atoms with E-state index in [-0.39, 0.29) is 11.8 Å². The second-order valence-electron chi connectivity index (χ2n) is 6.60. The number of hydrogen-bond acceptors (Lipinski definition) is 3. The van der Waals surface area contributed by atoms with Crippen molar-refractivity contribution in [2.45, 2.75) is 19.4 Å². The van der Waals surface area contributed by atoms with Gasteiger partial charge in [0, 0.05) is 24.8 Å². The van der Waals surface area contributed by atoms with Gasteiger partial charge in [-0.1, -0.05) is 36.4 Å². The predicted octanol–water partition coefficient (Wildman–Crippen LogP) is 5.86. The summed E-state index contributed by atoms with van der Waals surface area (Å²) < 4.78 is 5.82. The number of nitrogens with zero attached hydrogens (tertiary/aromatic N) is 3. The van der Waals surface area contributed by atoms with E-state index in [1.54, 1.807) is 6.08 Å². The van der Waals surface area contributed by atoms with Gasteiger partial charge in [-0.3, -0.25) is 0 Å². The van der Waals surface area contributed by atoms with E-state index < -0.39 is 0 Å². The van der Waals surface area contributed by atoms with E-state index in [1.807, 2.05) is 50.4 Å². The first-order valence-electron chi connectivity index (χ1n) is 9.06. The maximum absolute atomic E-state index is 9.10. The largest absolute Gasteiger partial charge is 0.490 e. The molecule has 0 spiro atoms. The smallest absolute Gasteiger partial charge is 0.265 e. The Hall–Kier alpha value is -3.76. The molecule has 0 amide bonds. The van der Waals surface area contributed by atoms with Gasteiger partial charge in [-0.05, 0) is 54.5 Å². The lowest BCUT2D eigenvalue weighted by atomic mass is 10.0. The third-order valence-electron chi connectivity index (χ3n) is 4.55. The first-order valence-corrected chi connectivity index (χ1v) is 9.06. The molecule has 1 heterocycles. The Morgan fingerprint density at radius 2 is 1.82 bits per heavy atom. The summed E-state index contributed by atoms with van der Waals surface area (Å²) in [4.78, 5) is 5.44. The lowest BCUT2D eigenvalue weighted by molar-refractivity contribution is 0.133. The lowest BCUT2D eigenvalue weighted by Gasteiger charge is -2.22. The topological polar surface area (TPSA) is 40.6 Å². The summed E-state index contributed by atoms with van der Waals surface area (Å²) in [7, 11) is 2.04. The number of rotatable bonds is 4. The highest BCUT2D eigenvalue weighted by atomic mass is 16.5. The molecular formula is C24H21N3O. The first-order chi connectivity index (χ1) is 13.6. The van der Waals surface area contributed by atoms with Gasteiger partial charge in [-0.2, -0.15) is 0 Å². The van der Waals surface area contributed by atoms with Crippen LogP contribution in [0.4, 0.5) is 11.4 Å². The van der Waals surface area contributed by atoms with Crippen molar-refractivity contribution in [3.8, 4) is 6.07 Å². The molecular weight excluding hydrogens is 346 g/mol. The lowest BCUT2D eigenvalue weighted by Crippen LogP contribution is -2.13. The number of hydrogen-bond donors (Lipinski definition) is 0. The summed E-state index contributed by atoms with van der Waals surface area (Å²) >= 11 is 0. The van der Waals surface area contributed by atoms with E-state index in [0.29, 0.717) is 12.2 Å². The van der Waals surface area contributed by atoms with Crippen LogP contribution in [-0.4, -0.2) is 13.2 Å². The molecule has 0 aliphatic carbocycles. The van der Waals surface area contributed by atoms with Crippen molar-refractivity contribution in [1.82, 2.24) is 0 Å². The average Bonchev–Trinajstić information content (AvgIpc) is 2.73. The maximum atomic E-state index is 9.10. The van der Waals surface area contributed by atoms with Crippen LogP contribution >= 0.6 is 0 Å². The normalized spacial score (nSPS) is 17.9. The van der Waals surface area contributed by atoms with Gasteiger partial charge < -0.3 is 9.64 Å². The molecule has 2 aromatic carbocycles. The van der Waals surface area contributed by atoms with Crippen LogP contribution in [0, 0.1) is 17.9 Å². The molecule has 2 aromatic rings. The van der Waals surface area contributed by atoms with Crippen molar-refractivity contribution >= 4 is 17.5 Å². The fraction of sp³-hybridized carbons (Fsp3) is 0.167. The second-order valence-corrected chi connectivity index (χ2v) is 6.60. The van der Waals surface area contributed by atoms with E-state index in [2.05, 4.69) is 46.1 Å². The number of nitriles is 1. The second kappa shape index (κ2) is 8.75. The summed E-state index contributed by atoms with van der Waals surface area (Å²) in [6.45, 7) is 9.07. The monoisotopic (exact) mass is 367 g/mol. The zero-order valence-corrected chi connectivity index (χ0v) is 16.0. The van der Waals surface area contributed by atoms with Crippen molar-refractivity contribution in [2.75, 3.05) is 11.9 Å². The molecule has 0 fully saturated rings.